The minimum atomic E-state index is -0.142. The third-order valence-corrected chi connectivity index (χ3v) is 4.89. The van der Waals surface area contributed by atoms with E-state index in [1.165, 1.54) is 6.07 Å². The summed E-state index contributed by atoms with van der Waals surface area (Å²) in [5.74, 6) is 0.745. The van der Waals surface area contributed by atoms with E-state index in [2.05, 4.69) is 16.9 Å². The molecule has 4 heterocycles. The quantitative estimate of drug-likeness (QED) is 0.782. The lowest BCUT2D eigenvalue weighted by Gasteiger charge is -2.30. The highest BCUT2D eigenvalue weighted by molar-refractivity contribution is 5.97. The summed E-state index contributed by atoms with van der Waals surface area (Å²) >= 11 is 0. The van der Waals surface area contributed by atoms with Gasteiger partial charge < -0.3 is 9.88 Å². The molecular formula is C19H20N4O2. The largest absolute Gasteiger partial charge is 0.339 e. The first-order chi connectivity index (χ1) is 12.1. The van der Waals surface area contributed by atoms with E-state index in [9.17, 15) is 9.59 Å². The highest BCUT2D eigenvalue weighted by Crippen LogP contribution is 2.22. The van der Waals surface area contributed by atoms with E-state index in [-0.39, 0.29) is 11.5 Å². The molecule has 1 fully saturated rings. The van der Waals surface area contributed by atoms with Crippen molar-refractivity contribution in [2.75, 3.05) is 13.1 Å². The monoisotopic (exact) mass is 336 g/mol. The lowest BCUT2D eigenvalue weighted by Crippen LogP contribution is -2.37. The van der Waals surface area contributed by atoms with Gasteiger partial charge in [0.05, 0.1) is 11.3 Å². The van der Waals surface area contributed by atoms with Gasteiger partial charge in [-0.3, -0.25) is 14.2 Å². The van der Waals surface area contributed by atoms with Crippen LogP contribution in [0.3, 0.4) is 0 Å². The van der Waals surface area contributed by atoms with E-state index in [4.69, 9.17) is 0 Å². The van der Waals surface area contributed by atoms with Crippen LogP contribution in [0.25, 0.3) is 16.7 Å². The molecule has 3 aromatic heterocycles. The number of nitrogens with zero attached hydrogens (tertiary/aromatic N) is 3. The van der Waals surface area contributed by atoms with Gasteiger partial charge in [-0.2, -0.15) is 0 Å². The molecule has 1 saturated heterocycles. The molecule has 128 valence electrons. The van der Waals surface area contributed by atoms with E-state index in [1.54, 1.807) is 18.5 Å². The Kier molecular flexibility index (Phi) is 3.87. The Morgan fingerprint density at radius 3 is 2.76 bits per heavy atom. The van der Waals surface area contributed by atoms with Gasteiger partial charge in [0.2, 0.25) is 5.56 Å². The van der Waals surface area contributed by atoms with Crippen LogP contribution in [0.4, 0.5) is 0 Å². The molecule has 0 atom stereocenters. The molecule has 0 aromatic carbocycles. The molecule has 6 nitrogen and oxygen atoms in total. The maximum Gasteiger partial charge on any atom is 0.255 e. The zero-order chi connectivity index (χ0) is 17.4. The highest BCUT2D eigenvalue weighted by atomic mass is 16.2. The van der Waals surface area contributed by atoms with E-state index >= 15 is 0 Å². The van der Waals surface area contributed by atoms with Crippen molar-refractivity contribution in [2.24, 2.45) is 5.92 Å². The van der Waals surface area contributed by atoms with Crippen molar-refractivity contribution in [1.29, 1.82) is 0 Å². The van der Waals surface area contributed by atoms with Crippen LogP contribution in [0.2, 0.25) is 0 Å². The summed E-state index contributed by atoms with van der Waals surface area (Å²) < 4.78 is 1.89. The first kappa shape index (κ1) is 15.6. The van der Waals surface area contributed by atoms with Crippen molar-refractivity contribution in [3.05, 3.63) is 58.8 Å². The van der Waals surface area contributed by atoms with Crippen molar-refractivity contribution in [3.63, 3.8) is 0 Å². The fourth-order valence-electron chi connectivity index (χ4n) is 3.30. The van der Waals surface area contributed by atoms with Crippen LogP contribution in [-0.2, 0) is 0 Å². The van der Waals surface area contributed by atoms with Crippen LogP contribution >= 0.6 is 0 Å². The zero-order valence-corrected chi connectivity index (χ0v) is 14.1. The number of rotatable bonds is 2. The summed E-state index contributed by atoms with van der Waals surface area (Å²) in [7, 11) is 0. The SMILES string of the molecule is CC1CCN(C(=O)c2cnc3c(ccn3-c3ccc(=O)[nH]c3)c2)CC1. The summed E-state index contributed by atoms with van der Waals surface area (Å²) in [5.41, 5.74) is 2.07. The Bertz CT molecular complexity index is 960. The second-order valence-electron chi connectivity index (χ2n) is 6.71. The predicted molar refractivity (Wildman–Crippen MR) is 96.0 cm³/mol. The molecule has 0 aliphatic carbocycles. The number of carbonyl (C=O) groups is 1. The number of carbonyl (C=O) groups excluding carboxylic acids is 1. The number of likely N-dealkylation sites (tertiary alicyclic amines) is 1. The van der Waals surface area contributed by atoms with Crippen LogP contribution in [0.15, 0.2) is 47.7 Å². The molecule has 3 aromatic rings. The second kappa shape index (κ2) is 6.20. The van der Waals surface area contributed by atoms with Gasteiger partial charge in [-0.15, -0.1) is 0 Å². The summed E-state index contributed by atoms with van der Waals surface area (Å²) in [6.45, 7) is 3.86. The number of piperidine rings is 1. The summed E-state index contributed by atoms with van der Waals surface area (Å²) in [5, 5.41) is 0.905. The van der Waals surface area contributed by atoms with Gasteiger partial charge in [0.15, 0.2) is 0 Å². The van der Waals surface area contributed by atoms with Crippen molar-refractivity contribution < 1.29 is 4.79 Å². The van der Waals surface area contributed by atoms with Crippen molar-refractivity contribution in [3.8, 4) is 5.69 Å². The third-order valence-electron chi connectivity index (χ3n) is 4.89. The number of H-pyrrole nitrogens is 1. The fourth-order valence-corrected chi connectivity index (χ4v) is 3.30. The van der Waals surface area contributed by atoms with E-state index in [0.717, 1.165) is 42.7 Å². The van der Waals surface area contributed by atoms with Gasteiger partial charge in [0.25, 0.3) is 5.91 Å². The predicted octanol–water partition coefficient (Wildman–Crippen LogP) is 2.59. The average molecular weight is 336 g/mol. The van der Waals surface area contributed by atoms with E-state index in [1.807, 2.05) is 27.8 Å². The second-order valence-corrected chi connectivity index (χ2v) is 6.71. The molecule has 4 rings (SSSR count). The van der Waals surface area contributed by atoms with Crippen molar-refractivity contribution >= 4 is 16.9 Å². The third kappa shape index (κ3) is 2.95. The molecule has 1 amide bonds. The van der Waals surface area contributed by atoms with Crippen LogP contribution in [-0.4, -0.2) is 38.4 Å². The number of aromatic nitrogens is 3. The molecule has 0 spiro atoms. The van der Waals surface area contributed by atoms with Crippen LogP contribution in [0, 0.1) is 5.92 Å². The zero-order valence-electron chi connectivity index (χ0n) is 14.1. The van der Waals surface area contributed by atoms with E-state index < -0.39 is 0 Å². The summed E-state index contributed by atoms with van der Waals surface area (Å²) in [6, 6.07) is 7.05. The Balaban J connectivity index is 1.64. The summed E-state index contributed by atoms with van der Waals surface area (Å²) in [4.78, 5) is 33.0. The van der Waals surface area contributed by atoms with Crippen molar-refractivity contribution in [2.45, 2.75) is 19.8 Å². The smallest absolute Gasteiger partial charge is 0.255 e. The number of amides is 1. The Labute approximate surface area is 145 Å². The highest BCUT2D eigenvalue weighted by Gasteiger charge is 2.22. The molecule has 0 saturated carbocycles. The Morgan fingerprint density at radius 1 is 1.24 bits per heavy atom. The van der Waals surface area contributed by atoms with Crippen LogP contribution in [0.1, 0.15) is 30.1 Å². The Morgan fingerprint density at radius 2 is 2.04 bits per heavy atom. The van der Waals surface area contributed by atoms with Crippen molar-refractivity contribution in [1.82, 2.24) is 19.4 Å². The molecule has 0 radical (unpaired) electrons. The number of pyridine rings is 2. The number of aromatic amines is 1. The lowest BCUT2D eigenvalue weighted by atomic mass is 9.99. The van der Waals surface area contributed by atoms with Gasteiger partial charge in [0.1, 0.15) is 5.65 Å². The minimum absolute atomic E-state index is 0.0538. The molecule has 0 bridgehead atoms. The minimum Gasteiger partial charge on any atom is -0.339 e. The maximum atomic E-state index is 12.7. The Hall–Kier alpha value is -2.89. The van der Waals surface area contributed by atoms with Gasteiger partial charge in [0, 0.05) is 43.1 Å². The standard InChI is InChI=1S/C19H20N4O2/c1-13-4-7-22(8-5-13)19(25)15-10-14-6-9-23(18(14)21-11-15)16-2-3-17(24)20-12-16/h2-3,6,9-13H,4-5,7-8H2,1H3,(H,20,24). The molecule has 1 N–H and O–H groups in total. The lowest BCUT2D eigenvalue weighted by molar-refractivity contribution is 0.0697. The average Bonchev–Trinajstić information content (AvgIpc) is 3.05. The van der Waals surface area contributed by atoms with Gasteiger partial charge in [-0.25, -0.2) is 4.98 Å². The van der Waals surface area contributed by atoms with Gasteiger partial charge in [-0.05, 0) is 37.0 Å². The number of hydrogen-bond acceptors (Lipinski definition) is 3. The molecule has 0 unspecified atom stereocenters. The molecule has 1 aliphatic rings. The molecular weight excluding hydrogens is 316 g/mol. The maximum absolute atomic E-state index is 12.7. The molecule has 25 heavy (non-hydrogen) atoms. The van der Waals surface area contributed by atoms with Gasteiger partial charge >= 0.3 is 0 Å². The number of fused-ring (bicyclic) bond motifs is 1. The normalized spacial score (nSPS) is 15.6. The summed E-state index contributed by atoms with van der Waals surface area (Å²) in [6.07, 6.45) is 7.30. The van der Waals surface area contributed by atoms with Gasteiger partial charge in [-0.1, -0.05) is 6.92 Å². The van der Waals surface area contributed by atoms with Crippen LogP contribution in [0.5, 0.6) is 0 Å². The number of nitrogens with one attached hydrogen (secondary N) is 1. The topological polar surface area (TPSA) is 71.0 Å². The van der Waals surface area contributed by atoms with Crippen LogP contribution < -0.4 is 5.56 Å². The number of hydrogen-bond donors (Lipinski definition) is 1. The first-order valence-corrected chi connectivity index (χ1v) is 8.57. The first-order valence-electron chi connectivity index (χ1n) is 8.57. The fraction of sp³-hybridized carbons (Fsp3) is 0.316. The molecule has 1 aliphatic heterocycles. The molecule has 6 heteroatoms. The van der Waals surface area contributed by atoms with E-state index in [0.29, 0.717) is 11.5 Å².